The smallest absolute Gasteiger partial charge is 0.278 e. The van der Waals surface area contributed by atoms with Crippen LogP contribution < -0.4 is 16.2 Å². The maximum atomic E-state index is 12.6. The van der Waals surface area contributed by atoms with Crippen molar-refractivity contribution in [2.45, 2.75) is 38.1 Å². The number of carbonyl (C=O) groups is 2. The highest BCUT2D eigenvalue weighted by atomic mass is 32.2. The van der Waals surface area contributed by atoms with Crippen molar-refractivity contribution >= 4 is 35.0 Å². The molecule has 0 aliphatic heterocycles. The summed E-state index contributed by atoms with van der Waals surface area (Å²) in [5.41, 5.74) is 3.39. The number of hydrogen-bond donors (Lipinski definition) is 3. The zero-order valence-corrected chi connectivity index (χ0v) is 18.5. The fourth-order valence-corrected chi connectivity index (χ4v) is 3.69. The molecule has 0 aliphatic carbocycles. The van der Waals surface area contributed by atoms with Crippen molar-refractivity contribution < 1.29 is 9.59 Å². The number of aromatic amines is 1. The Bertz CT molecular complexity index is 1190. The van der Waals surface area contributed by atoms with Crippen LogP contribution in [0.15, 0.2) is 52.4 Å². The summed E-state index contributed by atoms with van der Waals surface area (Å²) in [7, 11) is 0. The summed E-state index contributed by atoms with van der Waals surface area (Å²) in [6.45, 7) is 7.03. The summed E-state index contributed by atoms with van der Waals surface area (Å²) < 4.78 is 0. The molecule has 0 saturated carbocycles. The number of rotatable bonds is 6. The maximum Gasteiger partial charge on any atom is 0.278 e. The third-order valence-corrected chi connectivity index (χ3v) is 5.44. The fourth-order valence-electron chi connectivity index (χ4n) is 2.95. The van der Waals surface area contributed by atoms with Crippen LogP contribution in [0.3, 0.4) is 0 Å². The number of anilines is 2. The van der Waals surface area contributed by atoms with Crippen LogP contribution in [-0.4, -0.2) is 32.2 Å². The molecule has 1 aromatic heterocycles. The number of benzene rings is 2. The minimum Gasteiger partial charge on any atom is -0.326 e. The predicted octanol–water partition coefficient (Wildman–Crippen LogP) is 3.53. The van der Waals surface area contributed by atoms with Crippen LogP contribution in [0.1, 0.15) is 25.0 Å². The second-order valence-corrected chi connectivity index (χ2v) is 8.43. The number of aromatic nitrogens is 3. The highest BCUT2D eigenvalue weighted by molar-refractivity contribution is 8.00. The summed E-state index contributed by atoms with van der Waals surface area (Å²) >= 11 is 1.10. The van der Waals surface area contributed by atoms with Gasteiger partial charge in [0.1, 0.15) is 0 Å². The van der Waals surface area contributed by atoms with E-state index in [1.165, 1.54) is 6.92 Å². The Morgan fingerprint density at radius 1 is 1.03 bits per heavy atom. The van der Waals surface area contributed by atoms with Gasteiger partial charge in [-0.05, 0) is 38.5 Å². The van der Waals surface area contributed by atoms with Gasteiger partial charge < -0.3 is 10.6 Å². The summed E-state index contributed by atoms with van der Waals surface area (Å²) in [5.74, 6) is -0.465. The fraction of sp³-hybridized carbons (Fsp3) is 0.227. The molecule has 9 heteroatoms. The van der Waals surface area contributed by atoms with E-state index in [1.54, 1.807) is 31.2 Å². The molecule has 0 spiro atoms. The summed E-state index contributed by atoms with van der Waals surface area (Å²) in [6, 6.07) is 12.6. The lowest BCUT2D eigenvalue weighted by Crippen LogP contribution is -2.24. The first-order valence-electron chi connectivity index (χ1n) is 9.63. The number of nitrogens with one attached hydrogen (secondary N) is 3. The van der Waals surface area contributed by atoms with Crippen LogP contribution in [0.4, 0.5) is 11.4 Å². The topological polar surface area (TPSA) is 117 Å². The van der Waals surface area contributed by atoms with Gasteiger partial charge in [0.2, 0.25) is 11.8 Å². The van der Waals surface area contributed by atoms with Gasteiger partial charge in [0, 0.05) is 18.2 Å². The number of carbonyl (C=O) groups excluding carboxylic acids is 2. The first kappa shape index (κ1) is 22.2. The quantitative estimate of drug-likeness (QED) is 0.508. The third kappa shape index (κ3) is 5.58. The highest BCUT2D eigenvalue weighted by Gasteiger charge is 2.19. The Hall–Kier alpha value is -3.46. The average molecular weight is 438 g/mol. The predicted molar refractivity (Wildman–Crippen MR) is 122 cm³/mol. The monoisotopic (exact) mass is 437 g/mol. The summed E-state index contributed by atoms with van der Waals surface area (Å²) in [4.78, 5) is 39.3. The van der Waals surface area contributed by atoms with Gasteiger partial charge in [0.15, 0.2) is 10.9 Å². The number of para-hydroxylation sites is 1. The molecule has 31 heavy (non-hydrogen) atoms. The van der Waals surface area contributed by atoms with Gasteiger partial charge >= 0.3 is 0 Å². The molecule has 2 amide bonds. The van der Waals surface area contributed by atoms with E-state index in [0.717, 1.165) is 28.6 Å². The van der Waals surface area contributed by atoms with E-state index < -0.39 is 10.8 Å². The molecule has 1 atom stereocenters. The van der Waals surface area contributed by atoms with Gasteiger partial charge in [0.25, 0.3) is 5.56 Å². The van der Waals surface area contributed by atoms with Crippen molar-refractivity contribution in [3.8, 4) is 11.3 Å². The zero-order valence-electron chi connectivity index (χ0n) is 17.6. The molecular weight excluding hydrogens is 414 g/mol. The lowest BCUT2D eigenvalue weighted by molar-refractivity contribution is -0.115. The van der Waals surface area contributed by atoms with Crippen molar-refractivity contribution in [1.82, 2.24) is 15.2 Å². The lowest BCUT2D eigenvalue weighted by atomic mass is 10.1. The Morgan fingerprint density at radius 3 is 2.45 bits per heavy atom. The van der Waals surface area contributed by atoms with Gasteiger partial charge in [0.05, 0.1) is 10.9 Å². The minimum absolute atomic E-state index is 0.0843. The van der Waals surface area contributed by atoms with E-state index in [4.69, 9.17) is 0 Å². The van der Waals surface area contributed by atoms with Crippen LogP contribution in [0.25, 0.3) is 11.3 Å². The molecule has 3 rings (SSSR count). The minimum atomic E-state index is -0.511. The first-order chi connectivity index (χ1) is 14.7. The molecule has 1 heterocycles. The Morgan fingerprint density at radius 2 is 1.77 bits per heavy atom. The molecule has 0 unspecified atom stereocenters. The number of amides is 2. The first-order valence-corrected chi connectivity index (χ1v) is 10.5. The van der Waals surface area contributed by atoms with Gasteiger partial charge in [-0.3, -0.25) is 19.4 Å². The van der Waals surface area contributed by atoms with Crippen LogP contribution >= 0.6 is 11.8 Å². The molecule has 0 saturated heterocycles. The van der Waals surface area contributed by atoms with E-state index in [-0.39, 0.29) is 22.7 Å². The largest absolute Gasteiger partial charge is 0.326 e. The second-order valence-electron chi connectivity index (χ2n) is 7.10. The number of H-pyrrole nitrogens is 1. The number of hydrogen-bond acceptors (Lipinski definition) is 6. The molecule has 0 bridgehead atoms. The van der Waals surface area contributed by atoms with E-state index in [2.05, 4.69) is 25.8 Å². The Kier molecular flexibility index (Phi) is 6.86. The summed E-state index contributed by atoms with van der Waals surface area (Å²) in [5, 5.41) is 13.4. The highest BCUT2D eigenvalue weighted by Crippen LogP contribution is 2.25. The zero-order chi connectivity index (χ0) is 22.5. The van der Waals surface area contributed by atoms with Crippen molar-refractivity contribution in [3.63, 3.8) is 0 Å². The van der Waals surface area contributed by atoms with Crippen LogP contribution in [0, 0.1) is 13.8 Å². The molecule has 3 aromatic rings. The normalized spacial score (nSPS) is 11.6. The second kappa shape index (κ2) is 9.57. The molecule has 3 N–H and O–H groups in total. The number of thioether (sulfide) groups is 1. The SMILES string of the molecule is CC(=O)Nc1ccccc1-c1nnc(S[C@@H](C)C(=O)Nc2ccc(C)cc2C)[nH]c1=O. The Labute approximate surface area is 183 Å². The molecule has 8 nitrogen and oxygen atoms in total. The van der Waals surface area contributed by atoms with Crippen molar-refractivity contribution in [2.24, 2.45) is 0 Å². The van der Waals surface area contributed by atoms with Gasteiger partial charge in [-0.25, -0.2) is 0 Å². The molecule has 160 valence electrons. The van der Waals surface area contributed by atoms with Crippen LogP contribution in [0.2, 0.25) is 0 Å². The standard InChI is InChI=1S/C22H23N5O3S/c1-12-9-10-17(13(2)11-12)24-20(29)14(3)31-22-25-21(30)19(26-27-22)16-7-5-6-8-18(16)23-15(4)28/h5-11,14H,1-4H3,(H,23,28)(H,24,29)(H,25,27,30)/t14-/m0/s1. The molecule has 0 radical (unpaired) electrons. The molecule has 2 aromatic carbocycles. The van der Waals surface area contributed by atoms with Crippen molar-refractivity contribution in [1.29, 1.82) is 0 Å². The van der Waals surface area contributed by atoms with Crippen molar-refractivity contribution in [2.75, 3.05) is 10.6 Å². The van der Waals surface area contributed by atoms with Crippen molar-refractivity contribution in [3.05, 3.63) is 63.9 Å². The van der Waals surface area contributed by atoms with Crippen LogP contribution in [-0.2, 0) is 9.59 Å². The van der Waals surface area contributed by atoms with E-state index >= 15 is 0 Å². The average Bonchev–Trinajstić information content (AvgIpc) is 2.70. The molecular formula is C22H23N5O3S. The number of aryl methyl sites for hydroxylation is 2. The van der Waals surface area contributed by atoms with Gasteiger partial charge in [-0.15, -0.1) is 10.2 Å². The van der Waals surface area contributed by atoms with Gasteiger partial charge in [-0.1, -0.05) is 47.7 Å². The molecule has 0 aliphatic rings. The summed E-state index contributed by atoms with van der Waals surface area (Å²) in [6.07, 6.45) is 0. The van der Waals surface area contributed by atoms with E-state index in [0.29, 0.717) is 11.3 Å². The third-order valence-electron chi connectivity index (χ3n) is 4.47. The van der Waals surface area contributed by atoms with Crippen LogP contribution in [0.5, 0.6) is 0 Å². The Balaban J connectivity index is 1.75. The number of nitrogens with zero attached hydrogens (tertiary/aromatic N) is 2. The van der Waals surface area contributed by atoms with Gasteiger partial charge in [-0.2, -0.15) is 0 Å². The maximum absolute atomic E-state index is 12.6. The lowest BCUT2D eigenvalue weighted by Gasteiger charge is -2.13. The van der Waals surface area contributed by atoms with E-state index in [9.17, 15) is 14.4 Å². The molecule has 0 fully saturated rings. The van der Waals surface area contributed by atoms with E-state index in [1.807, 2.05) is 32.0 Å².